The first-order valence-electron chi connectivity index (χ1n) is 8.46. The molecule has 1 saturated heterocycles. The lowest BCUT2D eigenvalue weighted by Gasteiger charge is -2.19. The lowest BCUT2D eigenvalue weighted by Crippen LogP contribution is -2.33. The number of aromatic nitrogens is 4. The first kappa shape index (κ1) is 17.6. The van der Waals surface area contributed by atoms with Gasteiger partial charge in [0.1, 0.15) is 18.3 Å². The fourth-order valence-corrected chi connectivity index (χ4v) is 3.16. The number of aliphatic hydroxyl groups excluding tert-OH is 3. The van der Waals surface area contributed by atoms with Crippen molar-refractivity contribution in [3.8, 4) is 0 Å². The number of imidazole rings is 1. The van der Waals surface area contributed by atoms with E-state index < -0.39 is 36.7 Å². The molecule has 1 aliphatic rings. The average molecular weight is 373 g/mol. The summed E-state index contributed by atoms with van der Waals surface area (Å²) in [6.45, 7) is -0.0426. The number of hydrogen-bond acceptors (Lipinski definition) is 8. The van der Waals surface area contributed by atoms with Crippen molar-refractivity contribution in [3.63, 3.8) is 0 Å². The second kappa shape index (κ2) is 7.08. The van der Waals surface area contributed by atoms with Gasteiger partial charge in [0.25, 0.3) is 5.56 Å². The van der Waals surface area contributed by atoms with Crippen molar-refractivity contribution in [2.24, 2.45) is 0 Å². The van der Waals surface area contributed by atoms with Gasteiger partial charge in [-0.05, 0) is 5.56 Å². The third kappa shape index (κ3) is 3.08. The van der Waals surface area contributed by atoms with E-state index in [-0.39, 0.29) is 17.1 Å². The zero-order valence-corrected chi connectivity index (χ0v) is 14.2. The van der Waals surface area contributed by atoms with Crippen molar-refractivity contribution in [2.45, 2.75) is 31.1 Å². The minimum absolute atomic E-state index is 0.0748. The van der Waals surface area contributed by atoms with Crippen molar-refractivity contribution < 1.29 is 20.1 Å². The van der Waals surface area contributed by atoms with Gasteiger partial charge < -0.3 is 30.4 Å². The zero-order chi connectivity index (χ0) is 19.0. The van der Waals surface area contributed by atoms with E-state index in [4.69, 9.17) is 4.74 Å². The molecule has 1 aliphatic heterocycles. The number of aliphatic hydroxyl groups is 3. The lowest BCUT2D eigenvalue weighted by atomic mass is 10.1. The second-order valence-electron chi connectivity index (χ2n) is 6.28. The number of hydrogen-bond donors (Lipinski definition) is 5. The minimum atomic E-state index is -1.32. The van der Waals surface area contributed by atoms with E-state index >= 15 is 0 Å². The quantitative estimate of drug-likeness (QED) is 0.396. The van der Waals surface area contributed by atoms with Crippen LogP contribution in [0.5, 0.6) is 0 Å². The number of fused-ring (bicyclic) bond motifs is 1. The average Bonchev–Trinajstić information content (AvgIpc) is 3.19. The normalized spacial score (nSPS) is 25.1. The summed E-state index contributed by atoms with van der Waals surface area (Å²) < 4.78 is 7.03. The Kier molecular flexibility index (Phi) is 4.62. The van der Waals surface area contributed by atoms with Crippen molar-refractivity contribution in [1.82, 2.24) is 19.5 Å². The van der Waals surface area contributed by atoms with Crippen LogP contribution in [0.25, 0.3) is 11.2 Å². The molecule has 0 bridgehead atoms. The molecule has 1 fully saturated rings. The number of anilines is 1. The number of nitrogens with one attached hydrogen (secondary N) is 2. The van der Waals surface area contributed by atoms with E-state index in [1.807, 2.05) is 30.3 Å². The van der Waals surface area contributed by atoms with E-state index in [0.717, 1.165) is 5.56 Å². The Labute approximate surface area is 153 Å². The summed E-state index contributed by atoms with van der Waals surface area (Å²) in [5.74, 6) is 0.257. The Morgan fingerprint density at radius 1 is 1.22 bits per heavy atom. The molecule has 0 aliphatic carbocycles. The van der Waals surface area contributed by atoms with Crippen LogP contribution in [0.2, 0.25) is 0 Å². The molecule has 3 heterocycles. The molecular formula is C17H19N5O5. The van der Waals surface area contributed by atoms with Crippen LogP contribution in [0.15, 0.2) is 41.5 Å². The number of ether oxygens (including phenoxy) is 1. The van der Waals surface area contributed by atoms with E-state index in [0.29, 0.717) is 6.54 Å². The maximum Gasteiger partial charge on any atom is 0.278 e. The topological polar surface area (TPSA) is 146 Å². The van der Waals surface area contributed by atoms with Crippen molar-refractivity contribution in [2.75, 3.05) is 11.9 Å². The van der Waals surface area contributed by atoms with E-state index in [2.05, 4.69) is 20.3 Å². The molecule has 10 heteroatoms. The standard InChI is InChI=1S/C17H19N5O5/c23-7-10-12(24)13(25)16(27-10)22-14-11(15(26)20-8-19-14)21-17(22)18-6-9-4-2-1-3-5-9/h1-5,8,10,12-13,16,23-25H,6-7H2,(H,18,21)(H,19,20,26)/t10-,12-,13-,16-/m1/s1. The third-order valence-electron chi connectivity index (χ3n) is 4.55. The molecule has 0 spiro atoms. The molecule has 0 radical (unpaired) electrons. The van der Waals surface area contributed by atoms with Crippen LogP contribution >= 0.6 is 0 Å². The molecule has 142 valence electrons. The van der Waals surface area contributed by atoms with Gasteiger partial charge in [0.2, 0.25) is 5.95 Å². The van der Waals surface area contributed by atoms with Gasteiger partial charge in [-0.2, -0.15) is 0 Å². The summed E-state index contributed by atoms with van der Waals surface area (Å²) in [5.41, 5.74) is 0.822. The number of H-pyrrole nitrogens is 1. The summed E-state index contributed by atoms with van der Waals surface area (Å²) in [6, 6.07) is 9.56. The minimum Gasteiger partial charge on any atom is -0.394 e. The smallest absolute Gasteiger partial charge is 0.278 e. The maximum atomic E-state index is 12.1. The lowest BCUT2D eigenvalue weighted by molar-refractivity contribution is -0.0501. The number of aromatic amines is 1. The van der Waals surface area contributed by atoms with Gasteiger partial charge in [-0.15, -0.1) is 0 Å². The van der Waals surface area contributed by atoms with Gasteiger partial charge >= 0.3 is 0 Å². The molecule has 4 atom stereocenters. The summed E-state index contributed by atoms with van der Waals surface area (Å²) in [5, 5.41) is 32.9. The molecule has 0 unspecified atom stereocenters. The molecule has 27 heavy (non-hydrogen) atoms. The van der Waals surface area contributed by atoms with Crippen LogP contribution in [0, 0.1) is 0 Å². The van der Waals surface area contributed by atoms with Crippen LogP contribution in [-0.2, 0) is 11.3 Å². The zero-order valence-electron chi connectivity index (χ0n) is 14.2. The molecule has 0 amide bonds. The molecule has 4 rings (SSSR count). The SMILES string of the molecule is O=c1[nH]cnc2c1nc(NCc1ccccc1)n2[C@@H]1O[C@H](CO)[C@@H](O)[C@H]1O. The summed E-state index contributed by atoms with van der Waals surface area (Å²) in [6.07, 6.45) is -3.38. The fourth-order valence-electron chi connectivity index (χ4n) is 3.16. The molecule has 0 saturated carbocycles. The van der Waals surface area contributed by atoms with E-state index in [9.17, 15) is 20.1 Å². The Morgan fingerprint density at radius 2 is 2.00 bits per heavy atom. The predicted molar refractivity (Wildman–Crippen MR) is 94.9 cm³/mol. The maximum absolute atomic E-state index is 12.1. The Hall–Kier alpha value is -2.79. The summed E-state index contributed by atoms with van der Waals surface area (Å²) in [7, 11) is 0. The molecule has 10 nitrogen and oxygen atoms in total. The van der Waals surface area contributed by atoms with Crippen molar-refractivity contribution in [1.29, 1.82) is 0 Å². The highest BCUT2D eigenvalue weighted by Gasteiger charge is 2.45. The van der Waals surface area contributed by atoms with Gasteiger partial charge in [0, 0.05) is 6.54 Å². The highest BCUT2D eigenvalue weighted by atomic mass is 16.6. The Morgan fingerprint density at radius 3 is 2.70 bits per heavy atom. The number of nitrogens with zero attached hydrogens (tertiary/aromatic N) is 3. The molecule has 5 N–H and O–H groups in total. The molecular weight excluding hydrogens is 354 g/mol. The number of benzene rings is 1. The fraction of sp³-hybridized carbons (Fsp3) is 0.353. The van der Waals surface area contributed by atoms with Crippen LogP contribution in [-0.4, -0.2) is 59.8 Å². The van der Waals surface area contributed by atoms with Gasteiger partial charge in [0.05, 0.1) is 12.9 Å². The van der Waals surface area contributed by atoms with Crippen molar-refractivity contribution in [3.05, 3.63) is 52.6 Å². The van der Waals surface area contributed by atoms with E-state index in [1.54, 1.807) is 0 Å². The Balaban J connectivity index is 1.76. The predicted octanol–water partition coefficient (Wildman–Crippen LogP) is -0.657. The first-order valence-corrected chi connectivity index (χ1v) is 8.46. The van der Waals surface area contributed by atoms with Gasteiger partial charge in [-0.25, -0.2) is 9.97 Å². The van der Waals surface area contributed by atoms with Crippen molar-refractivity contribution >= 4 is 17.1 Å². The monoisotopic (exact) mass is 373 g/mol. The molecule has 3 aromatic rings. The largest absolute Gasteiger partial charge is 0.394 e. The van der Waals surface area contributed by atoms with E-state index in [1.165, 1.54) is 10.9 Å². The van der Waals surface area contributed by atoms with Crippen LogP contribution < -0.4 is 10.9 Å². The van der Waals surface area contributed by atoms with Gasteiger partial charge in [-0.1, -0.05) is 30.3 Å². The summed E-state index contributed by atoms with van der Waals surface area (Å²) in [4.78, 5) is 23.0. The highest BCUT2D eigenvalue weighted by molar-refractivity contribution is 5.73. The second-order valence-corrected chi connectivity index (χ2v) is 6.28. The highest BCUT2D eigenvalue weighted by Crippen LogP contribution is 2.33. The Bertz CT molecular complexity index is 988. The summed E-state index contributed by atoms with van der Waals surface area (Å²) >= 11 is 0. The van der Waals surface area contributed by atoms with Crippen LogP contribution in [0.1, 0.15) is 11.8 Å². The third-order valence-corrected chi connectivity index (χ3v) is 4.55. The molecule has 2 aromatic heterocycles. The van der Waals surface area contributed by atoms with Gasteiger partial charge in [0.15, 0.2) is 17.4 Å². The molecule has 1 aromatic carbocycles. The first-order chi connectivity index (χ1) is 13.1. The van der Waals surface area contributed by atoms with Crippen LogP contribution in [0.4, 0.5) is 5.95 Å². The van der Waals surface area contributed by atoms with Gasteiger partial charge in [-0.3, -0.25) is 9.36 Å². The van der Waals surface area contributed by atoms with Crippen LogP contribution in [0.3, 0.4) is 0 Å². The number of rotatable bonds is 5.